The summed E-state index contributed by atoms with van der Waals surface area (Å²) in [5.41, 5.74) is 7.22. The summed E-state index contributed by atoms with van der Waals surface area (Å²) in [6, 6.07) is 15.3. The van der Waals surface area contributed by atoms with Gasteiger partial charge < -0.3 is 16.2 Å². The number of benzene rings is 2. The molecule has 1 amide bonds. The minimum absolute atomic E-state index is 0.158. The van der Waals surface area contributed by atoms with Crippen molar-refractivity contribution in [3.63, 3.8) is 0 Å². The second-order valence-electron chi connectivity index (χ2n) is 4.29. The van der Waals surface area contributed by atoms with Crippen LogP contribution in [0.3, 0.4) is 0 Å². The zero-order valence-corrected chi connectivity index (χ0v) is 10.4. The molecule has 0 radical (unpaired) electrons. The predicted octanol–water partition coefficient (Wildman–Crippen LogP) is 1.90. The van der Waals surface area contributed by atoms with Gasteiger partial charge in [-0.2, -0.15) is 0 Å². The Labute approximate surface area is 111 Å². The van der Waals surface area contributed by atoms with Crippen LogP contribution in [0.4, 0.5) is 5.69 Å². The Morgan fingerprint density at radius 2 is 1.74 bits per heavy atom. The molecule has 4 nitrogen and oxygen atoms in total. The Hall–Kier alpha value is -2.33. The second-order valence-corrected chi connectivity index (χ2v) is 4.29. The van der Waals surface area contributed by atoms with Crippen molar-refractivity contribution in [1.82, 2.24) is 0 Å². The first-order chi connectivity index (χ1) is 9.16. The summed E-state index contributed by atoms with van der Waals surface area (Å²) >= 11 is 0. The number of nitrogens with two attached hydrogens (primary N) is 1. The smallest absolute Gasteiger partial charge is 0.241 e. The van der Waals surface area contributed by atoms with E-state index in [0.717, 1.165) is 0 Å². The van der Waals surface area contributed by atoms with Gasteiger partial charge >= 0.3 is 0 Å². The highest BCUT2D eigenvalue weighted by atomic mass is 16.3. The molecule has 2 aromatic carbocycles. The van der Waals surface area contributed by atoms with Gasteiger partial charge in [0.15, 0.2) is 0 Å². The van der Waals surface area contributed by atoms with Gasteiger partial charge in [-0.3, -0.25) is 4.79 Å². The van der Waals surface area contributed by atoms with Crippen LogP contribution in [0, 0.1) is 0 Å². The van der Waals surface area contributed by atoms with E-state index >= 15 is 0 Å². The monoisotopic (exact) mass is 256 g/mol. The molecule has 0 aliphatic carbocycles. The molecule has 0 bridgehead atoms. The van der Waals surface area contributed by atoms with Crippen LogP contribution in [0.1, 0.15) is 5.56 Å². The zero-order chi connectivity index (χ0) is 13.7. The molecule has 0 aliphatic rings. The third-order valence-corrected chi connectivity index (χ3v) is 2.81. The Kier molecular flexibility index (Phi) is 4.15. The maximum Gasteiger partial charge on any atom is 0.241 e. The number of anilines is 1. The highest BCUT2D eigenvalue weighted by molar-refractivity contribution is 5.94. The van der Waals surface area contributed by atoms with Crippen LogP contribution in [0.5, 0.6) is 5.75 Å². The molecule has 4 N–H and O–H groups in total. The molecule has 0 fully saturated rings. The molecule has 0 heterocycles. The van der Waals surface area contributed by atoms with Gasteiger partial charge in [-0.15, -0.1) is 0 Å². The number of phenolic OH excluding ortho intramolecular Hbond substituents is 1. The molecule has 0 aliphatic heterocycles. The van der Waals surface area contributed by atoms with Gasteiger partial charge in [-0.1, -0.05) is 36.4 Å². The maximum absolute atomic E-state index is 11.9. The molecule has 0 saturated heterocycles. The predicted molar refractivity (Wildman–Crippen MR) is 74.9 cm³/mol. The molecule has 2 rings (SSSR count). The summed E-state index contributed by atoms with van der Waals surface area (Å²) in [6.07, 6.45) is 0.297. The van der Waals surface area contributed by atoms with Crippen molar-refractivity contribution in [2.24, 2.45) is 5.73 Å². The highest BCUT2D eigenvalue weighted by Crippen LogP contribution is 2.17. The van der Waals surface area contributed by atoms with Gasteiger partial charge in [0.25, 0.3) is 0 Å². The van der Waals surface area contributed by atoms with Crippen LogP contribution >= 0.6 is 0 Å². The van der Waals surface area contributed by atoms with Crippen molar-refractivity contribution in [3.8, 4) is 5.75 Å². The van der Waals surface area contributed by atoms with Crippen LogP contribution in [0.2, 0.25) is 0 Å². The van der Waals surface area contributed by atoms with Gasteiger partial charge in [0.1, 0.15) is 5.75 Å². The number of hydrogen-bond donors (Lipinski definition) is 3. The molecule has 1 unspecified atom stereocenters. The molecule has 1 atom stereocenters. The fraction of sp³-hybridized carbons (Fsp3) is 0.133. The van der Waals surface area contributed by atoms with Gasteiger partial charge in [-0.05, 0) is 23.8 Å². The standard InChI is InChI=1S/C15H16N2O2/c16-13(10-11-6-4-5-9-14(11)18)15(19)17-12-7-2-1-3-8-12/h1-9,13,18H,10,16H2,(H,17,19). The Morgan fingerprint density at radius 1 is 1.11 bits per heavy atom. The number of para-hydroxylation sites is 2. The Morgan fingerprint density at radius 3 is 2.42 bits per heavy atom. The largest absolute Gasteiger partial charge is 0.508 e. The highest BCUT2D eigenvalue weighted by Gasteiger charge is 2.15. The number of rotatable bonds is 4. The van der Waals surface area contributed by atoms with E-state index in [-0.39, 0.29) is 11.7 Å². The summed E-state index contributed by atoms with van der Waals surface area (Å²) < 4.78 is 0. The van der Waals surface area contributed by atoms with Crippen LogP contribution in [-0.2, 0) is 11.2 Å². The third kappa shape index (κ3) is 3.56. The van der Waals surface area contributed by atoms with Crippen LogP contribution in [-0.4, -0.2) is 17.1 Å². The number of aromatic hydroxyl groups is 1. The van der Waals surface area contributed by atoms with Crippen molar-refractivity contribution in [3.05, 3.63) is 60.2 Å². The van der Waals surface area contributed by atoms with Gasteiger partial charge in [0.2, 0.25) is 5.91 Å². The van der Waals surface area contributed by atoms with E-state index in [2.05, 4.69) is 5.32 Å². The van der Waals surface area contributed by atoms with E-state index < -0.39 is 6.04 Å². The number of carbonyl (C=O) groups is 1. The topological polar surface area (TPSA) is 75.3 Å². The summed E-state index contributed by atoms with van der Waals surface area (Å²) in [7, 11) is 0. The molecule has 2 aromatic rings. The summed E-state index contributed by atoms with van der Waals surface area (Å²) in [5.74, 6) is -0.111. The third-order valence-electron chi connectivity index (χ3n) is 2.81. The molecular weight excluding hydrogens is 240 g/mol. The molecule has 0 saturated carbocycles. The molecular formula is C15H16N2O2. The lowest BCUT2D eigenvalue weighted by Gasteiger charge is -2.13. The quantitative estimate of drug-likeness (QED) is 0.782. The summed E-state index contributed by atoms with van der Waals surface area (Å²) in [4.78, 5) is 11.9. The average Bonchev–Trinajstić information content (AvgIpc) is 2.42. The van der Waals surface area contributed by atoms with Crippen molar-refractivity contribution in [2.75, 3.05) is 5.32 Å². The van der Waals surface area contributed by atoms with E-state index in [0.29, 0.717) is 17.7 Å². The first kappa shape index (κ1) is 13.1. The second kappa shape index (κ2) is 6.02. The normalized spacial score (nSPS) is 11.8. The lowest BCUT2D eigenvalue weighted by molar-refractivity contribution is -0.117. The van der Waals surface area contributed by atoms with Crippen molar-refractivity contribution < 1.29 is 9.90 Å². The lowest BCUT2D eigenvalue weighted by atomic mass is 10.0. The van der Waals surface area contributed by atoms with Crippen LogP contribution in [0.25, 0.3) is 0 Å². The zero-order valence-electron chi connectivity index (χ0n) is 10.4. The SMILES string of the molecule is NC(Cc1ccccc1O)C(=O)Nc1ccccc1. The van der Waals surface area contributed by atoms with Gasteiger partial charge in [0.05, 0.1) is 6.04 Å². The van der Waals surface area contributed by atoms with E-state index in [9.17, 15) is 9.90 Å². The Bertz CT molecular complexity index is 555. The number of phenols is 1. The number of amides is 1. The summed E-state index contributed by atoms with van der Waals surface area (Å²) in [5, 5.41) is 12.4. The van der Waals surface area contributed by atoms with Crippen LogP contribution in [0.15, 0.2) is 54.6 Å². The van der Waals surface area contributed by atoms with E-state index in [1.54, 1.807) is 36.4 Å². The number of carbonyl (C=O) groups excluding carboxylic acids is 1. The molecule has 98 valence electrons. The fourth-order valence-electron chi connectivity index (χ4n) is 1.77. The minimum Gasteiger partial charge on any atom is -0.508 e. The first-order valence-corrected chi connectivity index (χ1v) is 6.05. The number of hydrogen-bond acceptors (Lipinski definition) is 3. The van der Waals surface area contributed by atoms with Crippen molar-refractivity contribution >= 4 is 11.6 Å². The van der Waals surface area contributed by atoms with E-state index in [1.807, 2.05) is 18.2 Å². The first-order valence-electron chi connectivity index (χ1n) is 6.05. The van der Waals surface area contributed by atoms with Crippen molar-refractivity contribution in [1.29, 1.82) is 0 Å². The van der Waals surface area contributed by atoms with E-state index in [1.165, 1.54) is 0 Å². The molecule has 19 heavy (non-hydrogen) atoms. The summed E-state index contributed by atoms with van der Waals surface area (Å²) in [6.45, 7) is 0. The molecule has 0 aromatic heterocycles. The lowest BCUT2D eigenvalue weighted by Crippen LogP contribution is -2.37. The van der Waals surface area contributed by atoms with Crippen molar-refractivity contribution in [2.45, 2.75) is 12.5 Å². The van der Waals surface area contributed by atoms with Gasteiger partial charge in [0, 0.05) is 12.1 Å². The average molecular weight is 256 g/mol. The Balaban J connectivity index is 1.98. The fourth-order valence-corrected chi connectivity index (χ4v) is 1.77. The number of nitrogens with one attached hydrogen (secondary N) is 1. The minimum atomic E-state index is -0.700. The van der Waals surface area contributed by atoms with Gasteiger partial charge in [-0.25, -0.2) is 0 Å². The molecule has 4 heteroatoms. The van der Waals surface area contributed by atoms with Crippen LogP contribution < -0.4 is 11.1 Å². The molecule has 0 spiro atoms. The maximum atomic E-state index is 11.9. The van der Waals surface area contributed by atoms with E-state index in [4.69, 9.17) is 5.73 Å².